The number of amides is 1. The molecule has 5 nitrogen and oxygen atoms in total. The maximum absolute atomic E-state index is 11.7. The van der Waals surface area contributed by atoms with Gasteiger partial charge >= 0.3 is 0 Å². The minimum atomic E-state index is 0. The Labute approximate surface area is 118 Å². The highest BCUT2D eigenvalue weighted by Gasteiger charge is 2.18. The molecule has 1 heterocycles. The molecule has 1 aliphatic rings. The summed E-state index contributed by atoms with van der Waals surface area (Å²) in [6.07, 6.45) is 0.306. The van der Waals surface area contributed by atoms with Crippen LogP contribution in [0.3, 0.4) is 0 Å². The first kappa shape index (κ1) is 16.4. The first-order valence-corrected chi connectivity index (χ1v) is 7.33. The van der Waals surface area contributed by atoms with Gasteiger partial charge in [-0.2, -0.15) is 0 Å². The first-order chi connectivity index (χ1) is 8.97. The maximum Gasteiger partial charge on any atom is 0.234 e. The van der Waals surface area contributed by atoms with Gasteiger partial charge < -0.3 is 10.1 Å². The molecule has 0 radical (unpaired) electrons. The van der Waals surface area contributed by atoms with Gasteiger partial charge in [0, 0.05) is 40.2 Å². The molecule has 1 N–H and O–H groups in total. The molecular weight excluding hydrogens is 242 g/mol. The lowest BCUT2D eigenvalue weighted by Gasteiger charge is -2.34. The monoisotopic (exact) mass is 273 g/mol. The van der Waals surface area contributed by atoms with Crippen LogP contribution in [0, 0.1) is 0 Å². The van der Waals surface area contributed by atoms with E-state index in [0.717, 1.165) is 39.3 Å². The van der Waals surface area contributed by atoms with E-state index in [1.807, 2.05) is 13.8 Å². The van der Waals surface area contributed by atoms with Crippen LogP contribution in [0.4, 0.5) is 0 Å². The first-order valence-electron chi connectivity index (χ1n) is 7.33. The quantitative estimate of drug-likeness (QED) is 0.745. The summed E-state index contributed by atoms with van der Waals surface area (Å²) in [6.45, 7) is 14.4. The molecule has 0 aromatic heterocycles. The van der Waals surface area contributed by atoms with Gasteiger partial charge in [-0.25, -0.2) is 0 Å². The molecule has 19 heavy (non-hydrogen) atoms. The van der Waals surface area contributed by atoms with Crippen molar-refractivity contribution in [2.24, 2.45) is 0 Å². The van der Waals surface area contributed by atoms with E-state index in [-0.39, 0.29) is 13.4 Å². The predicted octanol–water partition coefficient (Wildman–Crippen LogP) is 0.800. The molecule has 114 valence electrons. The summed E-state index contributed by atoms with van der Waals surface area (Å²) in [6, 6.07) is 0.224. The summed E-state index contributed by atoms with van der Waals surface area (Å²) in [5.41, 5.74) is 0. The topological polar surface area (TPSA) is 44.8 Å². The summed E-state index contributed by atoms with van der Waals surface area (Å²) in [5, 5.41) is 2.93. The van der Waals surface area contributed by atoms with Crippen molar-refractivity contribution < 1.29 is 11.0 Å². The number of rotatable bonds is 7. The van der Waals surface area contributed by atoms with Gasteiger partial charge in [0.2, 0.25) is 5.91 Å². The Morgan fingerprint density at radius 2 is 1.74 bits per heavy atom. The molecule has 0 aromatic rings. The predicted molar refractivity (Wildman–Crippen MR) is 79.4 cm³/mol. The summed E-state index contributed by atoms with van der Waals surface area (Å²) in [4.78, 5) is 16.3. The van der Waals surface area contributed by atoms with Gasteiger partial charge in [0.05, 0.1) is 19.3 Å². The lowest BCUT2D eigenvalue weighted by atomic mass is 10.3. The van der Waals surface area contributed by atoms with Gasteiger partial charge in [0.15, 0.2) is 0 Å². The second kappa shape index (κ2) is 8.51. The summed E-state index contributed by atoms with van der Waals surface area (Å²) in [5.74, 6) is 0.131. The highest BCUT2D eigenvalue weighted by molar-refractivity contribution is 5.78. The Bertz CT molecular complexity index is 267. The van der Waals surface area contributed by atoms with Crippen LogP contribution >= 0.6 is 0 Å². The van der Waals surface area contributed by atoms with Gasteiger partial charge in [-0.3, -0.25) is 14.6 Å². The van der Waals surface area contributed by atoms with E-state index >= 15 is 0 Å². The number of piperazine rings is 1. The molecule has 0 unspecified atom stereocenters. The molecule has 0 aromatic carbocycles. The van der Waals surface area contributed by atoms with E-state index in [4.69, 9.17) is 4.74 Å². The van der Waals surface area contributed by atoms with Crippen LogP contribution in [0.15, 0.2) is 0 Å². The van der Waals surface area contributed by atoms with E-state index < -0.39 is 0 Å². The lowest BCUT2D eigenvalue weighted by Crippen LogP contribution is -2.50. The summed E-state index contributed by atoms with van der Waals surface area (Å²) >= 11 is 0. The van der Waals surface area contributed by atoms with Crippen molar-refractivity contribution in [3.05, 3.63) is 0 Å². The molecule has 1 amide bonds. The zero-order valence-electron chi connectivity index (χ0n) is 12.8. The highest BCUT2D eigenvalue weighted by Crippen LogP contribution is 2.01. The lowest BCUT2D eigenvalue weighted by molar-refractivity contribution is -0.123. The number of ether oxygens (including phenoxy) is 1. The fourth-order valence-electron chi connectivity index (χ4n) is 2.16. The molecule has 0 aliphatic carbocycles. The number of nitrogens with zero attached hydrogens (tertiary/aromatic N) is 2. The highest BCUT2D eigenvalue weighted by atomic mass is 16.5. The molecule has 1 fully saturated rings. The average Bonchev–Trinajstić information content (AvgIpc) is 2.29. The van der Waals surface area contributed by atoms with E-state index in [1.54, 1.807) is 0 Å². The normalized spacial score (nSPS) is 18.2. The van der Waals surface area contributed by atoms with Crippen molar-refractivity contribution in [3.63, 3.8) is 0 Å². The number of carbonyl (C=O) groups is 1. The molecule has 0 spiro atoms. The summed E-state index contributed by atoms with van der Waals surface area (Å²) < 4.78 is 5.56. The van der Waals surface area contributed by atoms with Crippen LogP contribution in [-0.4, -0.2) is 73.7 Å². The molecule has 1 rings (SSSR count). The third-order valence-corrected chi connectivity index (χ3v) is 3.14. The molecular formula is C14H31N3O2. The van der Waals surface area contributed by atoms with Gasteiger partial charge in [0.1, 0.15) is 0 Å². The molecule has 0 bridgehead atoms. The number of hydrogen-bond donors (Lipinski definition) is 1. The largest absolute Gasteiger partial charge is 0.377 e. The van der Waals surface area contributed by atoms with Crippen molar-refractivity contribution in [2.75, 3.05) is 45.9 Å². The average molecular weight is 273 g/mol. The van der Waals surface area contributed by atoms with E-state index in [2.05, 4.69) is 29.0 Å². The number of carbonyl (C=O) groups excluding carboxylic acids is 1. The standard InChI is InChI=1S/C14H29N3O2.H2/c1-12(2)15-14(18)11-17-7-5-16(6-8-17)9-10-19-13(3)4;/h12-13H,5-11H2,1-4H3,(H,15,18);1H. The van der Waals surface area contributed by atoms with E-state index in [0.29, 0.717) is 12.6 Å². The second-order valence-electron chi connectivity index (χ2n) is 5.76. The molecule has 1 aliphatic heterocycles. The van der Waals surface area contributed by atoms with Crippen molar-refractivity contribution in [2.45, 2.75) is 39.8 Å². The zero-order chi connectivity index (χ0) is 14.3. The van der Waals surface area contributed by atoms with Crippen LogP contribution in [-0.2, 0) is 9.53 Å². The third-order valence-electron chi connectivity index (χ3n) is 3.14. The van der Waals surface area contributed by atoms with Crippen LogP contribution in [0.2, 0.25) is 0 Å². The van der Waals surface area contributed by atoms with E-state index in [1.165, 1.54) is 0 Å². The molecule has 0 saturated carbocycles. The Morgan fingerprint density at radius 3 is 2.26 bits per heavy atom. The smallest absolute Gasteiger partial charge is 0.234 e. The number of nitrogens with one attached hydrogen (secondary N) is 1. The Hall–Kier alpha value is -0.650. The second-order valence-corrected chi connectivity index (χ2v) is 5.76. The fourth-order valence-corrected chi connectivity index (χ4v) is 2.16. The van der Waals surface area contributed by atoms with Crippen LogP contribution in [0.1, 0.15) is 29.1 Å². The zero-order valence-corrected chi connectivity index (χ0v) is 12.8. The Morgan fingerprint density at radius 1 is 1.16 bits per heavy atom. The van der Waals surface area contributed by atoms with Crippen molar-refractivity contribution in [1.82, 2.24) is 15.1 Å². The van der Waals surface area contributed by atoms with Crippen LogP contribution in [0.25, 0.3) is 0 Å². The number of hydrogen-bond acceptors (Lipinski definition) is 4. The van der Waals surface area contributed by atoms with Gasteiger partial charge in [-0.1, -0.05) is 0 Å². The van der Waals surface area contributed by atoms with E-state index in [9.17, 15) is 4.79 Å². The third kappa shape index (κ3) is 7.50. The minimum Gasteiger partial charge on any atom is -0.377 e. The van der Waals surface area contributed by atoms with Crippen LogP contribution < -0.4 is 5.32 Å². The SMILES string of the molecule is CC(C)NC(=O)CN1CCN(CCOC(C)C)CC1.[HH]. The van der Waals surface area contributed by atoms with Crippen molar-refractivity contribution in [1.29, 1.82) is 0 Å². The van der Waals surface area contributed by atoms with Crippen LogP contribution in [0.5, 0.6) is 0 Å². The van der Waals surface area contributed by atoms with Gasteiger partial charge in [-0.05, 0) is 27.7 Å². The maximum atomic E-state index is 11.7. The van der Waals surface area contributed by atoms with Crippen molar-refractivity contribution in [3.8, 4) is 0 Å². The molecule has 0 atom stereocenters. The molecule has 5 heteroatoms. The van der Waals surface area contributed by atoms with Crippen molar-refractivity contribution >= 4 is 5.91 Å². The minimum absolute atomic E-state index is 0. The Balaban J connectivity index is 0.00000361. The molecule has 1 saturated heterocycles. The van der Waals surface area contributed by atoms with Gasteiger partial charge in [0.25, 0.3) is 0 Å². The summed E-state index contributed by atoms with van der Waals surface area (Å²) in [7, 11) is 0. The van der Waals surface area contributed by atoms with Gasteiger partial charge in [-0.15, -0.1) is 0 Å². The Kier molecular flexibility index (Phi) is 7.34. The fraction of sp³-hybridized carbons (Fsp3) is 0.929.